The minimum atomic E-state index is 0.541. The summed E-state index contributed by atoms with van der Waals surface area (Å²) in [6.07, 6.45) is 2.00. The molecule has 1 aromatic carbocycles. The van der Waals surface area contributed by atoms with Crippen LogP contribution in [0.1, 0.15) is 5.82 Å². The molecule has 2 N–H and O–H groups in total. The van der Waals surface area contributed by atoms with Crippen LogP contribution in [0.25, 0.3) is 11.5 Å². The zero-order valence-corrected chi connectivity index (χ0v) is 9.12. The molecule has 0 atom stereocenters. The van der Waals surface area contributed by atoms with Gasteiger partial charge in [0.15, 0.2) is 5.82 Å². The van der Waals surface area contributed by atoms with Crippen LogP contribution in [-0.4, -0.2) is 16.4 Å². The van der Waals surface area contributed by atoms with E-state index in [0.717, 1.165) is 17.0 Å². The van der Waals surface area contributed by atoms with Gasteiger partial charge in [-0.1, -0.05) is 5.16 Å². The topological polar surface area (TPSA) is 64.9 Å². The van der Waals surface area contributed by atoms with E-state index in [2.05, 4.69) is 10.1 Å². The molecule has 0 aliphatic rings. The van der Waals surface area contributed by atoms with Crippen molar-refractivity contribution in [3.63, 3.8) is 0 Å². The van der Waals surface area contributed by atoms with Gasteiger partial charge in [-0.25, -0.2) is 0 Å². The molecule has 0 radical (unpaired) electrons. The molecule has 4 nitrogen and oxygen atoms in total. The molecular formula is C10H11N3OS. The third-order valence-corrected chi connectivity index (χ3v) is 2.45. The summed E-state index contributed by atoms with van der Waals surface area (Å²) in [6, 6.07) is 7.36. The SMILES string of the molecule is CSCc1noc(-c2ccc(N)cc2)n1. The molecule has 2 rings (SSSR count). The molecule has 0 saturated heterocycles. The lowest BCUT2D eigenvalue weighted by Crippen LogP contribution is -1.85. The maximum atomic E-state index is 5.59. The van der Waals surface area contributed by atoms with Gasteiger partial charge >= 0.3 is 0 Å². The minimum absolute atomic E-state index is 0.541. The standard InChI is InChI=1S/C10H11N3OS/c1-15-6-9-12-10(14-13-9)7-2-4-8(11)5-3-7/h2-5H,6,11H2,1H3. The summed E-state index contributed by atoms with van der Waals surface area (Å²) in [6.45, 7) is 0. The van der Waals surface area contributed by atoms with E-state index in [1.807, 2.05) is 30.5 Å². The number of aromatic nitrogens is 2. The molecule has 2 aromatic rings. The summed E-state index contributed by atoms with van der Waals surface area (Å²) in [7, 11) is 0. The zero-order valence-electron chi connectivity index (χ0n) is 8.30. The molecule has 78 valence electrons. The number of anilines is 1. The van der Waals surface area contributed by atoms with Crippen LogP contribution in [0.3, 0.4) is 0 Å². The summed E-state index contributed by atoms with van der Waals surface area (Å²) in [5, 5.41) is 3.87. The lowest BCUT2D eigenvalue weighted by atomic mass is 10.2. The van der Waals surface area contributed by atoms with Gasteiger partial charge < -0.3 is 10.3 Å². The van der Waals surface area contributed by atoms with E-state index < -0.39 is 0 Å². The van der Waals surface area contributed by atoms with Gasteiger partial charge in [0.05, 0.1) is 5.75 Å². The van der Waals surface area contributed by atoms with E-state index in [-0.39, 0.29) is 0 Å². The average molecular weight is 221 g/mol. The van der Waals surface area contributed by atoms with Crippen LogP contribution in [0, 0.1) is 0 Å². The summed E-state index contributed by atoms with van der Waals surface area (Å²) in [4.78, 5) is 4.26. The fourth-order valence-corrected chi connectivity index (χ4v) is 1.56. The van der Waals surface area contributed by atoms with Gasteiger partial charge in [0.2, 0.25) is 0 Å². The van der Waals surface area contributed by atoms with Gasteiger partial charge in [0, 0.05) is 11.3 Å². The number of hydrogen-bond acceptors (Lipinski definition) is 5. The first-order valence-corrected chi connectivity index (χ1v) is 5.86. The third-order valence-electron chi connectivity index (χ3n) is 1.90. The van der Waals surface area contributed by atoms with Crippen LogP contribution in [0.15, 0.2) is 28.8 Å². The van der Waals surface area contributed by atoms with E-state index in [4.69, 9.17) is 10.3 Å². The predicted octanol–water partition coefficient (Wildman–Crippen LogP) is 2.18. The molecule has 0 aliphatic carbocycles. The summed E-state index contributed by atoms with van der Waals surface area (Å²) < 4.78 is 5.13. The van der Waals surface area contributed by atoms with Crippen molar-refractivity contribution >= 4 is 17.4 Å². The highest BCUT2D eigenvalue weighted by molar-refractivity contribution is 7.97. The Kier molecular flexibility index (Phi) is 2.91. The van der Waals surface area contributed by atoms with E-state index in [0.29, 0.717) is 11.7 Å². The Hall–Kier alpha value is -1.49. The quantitative estimate of drug-likeness (QED) is 0.805. The minimum Gasteiger partial charge on any atom is -0.399 e. The molecule has 1 heterocycles. The molecule has 0 saturated carbocycles. The van der Waals surface area contributed by atoms with Crippen molar-refractivity contribution in [3.05, 3.63) is 30.1 Å². The lowest BCUT2D eigenvalue weighted by molar-refractivity contribution is 0.425. The number of nitrogens with zero attached hydrogens (tertiary/aromatic N) is 2. The largest absolute Gasteiger partial charge is 0.399 e. The molecule has 0 spiro atoms. The van der Waals surface area contributed by atoms with E-state index >= 15 is 0 Å². The van der Waals surface area contributed by atoms with Crippen molar-refractivity contribution in [2.45, 2.75) is 5.75 Å². The van der Waals surface area contributed by atoms with Gasteiger partial charge in [0.25, 0.3) is 5.89 Å². The maximum Gasteiger partial charge on any atom is 0.257 e. The number of thioether (sulfide) groups is 1. The van der Waals surface area contributed by atoms with Gasteiger partial charge in [0.1, 0.15) is 0 Å². The molecular weight excluding hydrogens is 210 g/mol. The maximum absolute atomic E-state index is 5.59. The number of rotatable bonds is 3. The van der Waals surface area contributed by atoms with Crippen molar-refractivity contribution in [3.8, 4) is 11.5 Å². The third kappa shape index (κ3) is 2.30. The Morgan fingerprint density at radius 3 is 2.73 bits per heavy atom. The van der Waals surface area contributed by atoms with Crippen LogP contribution < -0.4 is 5.73 Å². The van der Waals surface area contributed by atoms with Crippen molar-refractivity contribution in [1.82, 2.24) is 10.1 Å². The summed E-state index contributed by atoms with van der Waals surface area (Å²) in [5.41, 5.74) is 7.20. The first-order chi connectivity index (χ1) is 7.29. The Labute approximate surface area is 91.9 Å². The second-order valence-electron chi connectivity index (χ2n) is 3.07. The number of hydrogen-bond donors (Lipinski definition) is 1. The fourth-order valence-electron chi connectivity index (χ4n) is 1.18. The second kappa shape index (κ2) is 4.35. The summed E-state index contributed by atoms with van der Waals surface area (Å²) >= 11 is 1.66. The zero-order chi connectivity index (χ0) is 10.7. The Morgan fingerprint density at radius 1 is 1.33 bits per heavy atom. The van der Waals surface area contributed by atoms with Crippen LogP contribution in [-0.2, 0) is 5.75 Å². The second-order valence-corrected chi connectivity index (χ2v) is 3.94. The predicted molar refractivity (Wildman–Crippen MR) is 61.4 cm³/mol. The molecule has 0 unspecified atom stereocenters. The van der Waals surface area contributed by atoms with Crippen LogP contribution in [0.2, 0.25) is 0 Å². The lowest BCUT2D eigenvalue weighted by Gasteiger charge is -1.94. The van der Waals surface area contributed by atoms with Gasteiger partial charge in [-0.05, 0) is 30.5 Å². The highest BCUT2D eigenvalue weighted by Gasteiger charge is 2.07. The smallest absolute Gasteiger partial charge is 0.257 e. The highest BCUT2D eigenvalue weighted by atomic mass is 32.2. The van der Waals surface area contributed by atoms with Crippen molar-refractivity contribution in [2.75, 3.05) is 12.0 Å². The van der Waals surface area contributed by atoms with Crippen molar-refractivity contribution in [1.29, 1.82) is 0 Å². The molecule has 0 bridgehead atoms. The molecule has 15 heavy (non-hydrogen) atoms. The summed E-state index contributed by atoms with van der Waals surface area (Å²) in [5.74, 6) is 2.02. The van der Waals surface area contributed by atoms with Gasteiger partial charge in [-0.3, -0.25) is 0 Å². The molecule has 5 heteroatoms. The van der Waals surface area contributed by atoms with E-state index in [1.165, 1.54) is 0 Å². The van der Waals surface area contributed by atoms with Gasteiger partial charge in [-0.2, -0.15) is 16.7 Å². The van der Waals surface area contributed by atoms with Crippen molar-refractivity contribution < 1.29 is 4.52 Å². The van der Waals surface area contributed by atoms with Crippen LogP contribution in [0.4, 0.5) is 5.69 Å². The highest BCUT2D eigenvalue weighted by Crippen LogP contribution is 2.19. The van der Waals surface area contributed by atoms with Crippen molar-refractivity contribution in [2.24, 2.45) is 0 Å². The van der Waals surface area contributed by atoms with Crippen LogP contribution >= 0.6 is 11.8 Å². The van der Waals surface area contributed by atoms with Crippen LogP contribution in [0.5, 0.6) is 0 Å². The fraction of sp³-hybridized carbons (Fsp3) is 0.200. The average Bonchev–Trinajstić information content (AvgIpc) is 2.68. The van der Waals surface area contributed by atoms with Gasteiger partial charge in [-0.15, -0.1) is 0 Å². The molecule has 1 aromatic heterocycles. The molecule has 0 amide bonds. The Morgan fingerprint density at radius 2 is 2.07 bits per heavy atom. The number of benzene rings is 1. The number of nitrogen functional groups attached to an aromatic ring is 1. The van der Waals surface area contributed by atoms with E-state index in [1.54, 1.807) is 11.8 Å². The number of nitrogens with two attached hydrogens (primary N) is 1. The normalized spacial score (nSPS) is 10.5. The first kappa shape index (κ1) is 10.0. The molecule has 0 fully saturated rings. The monoisotopic (exact) mass is 221 g/mol. The molecule has 0 aliphatic heterocycles. The Bertz CT molecular complexity index is 438. The van der Waals surface area contributed by atoms with E-state index in [9.17, 15) is 0 Å². The first-order valence-electron chi connectivity index (χ1n) is 4.47. The Balaban J connectivity index is 2.25.